The molecule has 0 aliphatic carbocycles. The van der Waals surface area contributed by atoms with Crippen LogP contribution in [0.5, 0.6) is 0 Å². The van der Waals surface area contributed by atoms with Crippen LogP contribution in [-0.2, 0) is 4.79 Å². The van der Waals surface area contributed by atoms with Gasteiger partial charge in [0.15, 0.2) is 0 Å². The summed E-state index contributed by atoms with van der Waals surface area (Å²) in [7, 11) is 1.70. The smallest absolute Gasteiger partial charge is 0.251 e. The summed E-state index contributed by atoms with van der Waals surface area (Å²) in [6.45, 7) is -0.171. The van der Waals surface area contributed by atoms with E-state index in [0.717, 1.165) is 0 Å². The number of primary amides is 1. The number of amides is 2. The molecule has 0 unspecified atom stereocenters. The second kappa shape index (κ2) is 4.94. The second-order valence-corrected chi connectivity index (χ2v) is 2.83. The number of rotatable bonds is 4. The Hall–Kier alpha value is -2.11. The maximum atomic E-state index is 11.4. The van der Waals surface area contributed by atoms with Crippen molar-refractivity contribution in [2.45, 2.75) is 0 Å². The zero-order chi connectivity index (χ0) is 11.3. The van der Waals surface area contributed by atoms with E-state index in [0.29, 0.717) is 11.4 Å². The standard InChI is InChI=1S/C9H12N4O2/c1-11-8-4-6(2-3-12-8)9(15)13-5-7(10)14/h2-4H,5H2,1H3,(H2,10,14)(H,11,12)(H,13,15). The molecule has 0 bridgehead atoms. The van der Waals surface area contributed by atoms with Crippen molar-refractivity contribution in [2.24, 2.45) is 5.73 Å². The molecule has 0 saturated carbocycles. The molecular weight excluding hydrogens is 196 g/mol. The van der Waals surface area contributed by atoms with Gasteiger partial charge in [-0.25, -0.2) is 4.98 Å². The lowest BCUT2D eigenvalue weighted by molar-refractivity contribution is -0.117. The first-order valence-corrected chi connectivity index (χ1v) is 4.34. The van der Waals surface area contributed by atoms with Crippen molar-refractivity contribution in [3.05, 3.63) is 23.9 Å². The maximum Gasteiger partial charge on any atom is 0.251 e. The van der Waals surface area contributed by atoms with Crippen molar-refractivity contribution in [2.75, 3.05) is 18.9 Å². The summed E-state index contributed by atoms with van der Waals surface area (Å²) in [5, 5.41) is 5.19. The summed E-state index contributed by atoms with van der Waals surface area (Å²) < 4.78 is 0. The molecule has 0 aliphatic rings. The average molecular weight is 208 g/mol. The van der Waals surface area contributed by atoms with Crippen molar-refractivity contribution in [3.63, 3.8) is 0 Å². The first kappa shape index (κ1) is 11.0. The summed E-state index contributed by atoms with van der Waals surface area (Å²) in [6.07, 6.45) is 1.50. The highest BCUT2D eigenvalue weighted by molar-refractivity contribution is 5.96. The molecule has 0 atom stereocenters. The third-order valence-electron chi connectivity index (χ3n) is 1.70. The van der Waals surface area contributed by atoms with Crippen LogP contribution in [0.25, 0.3) is 0 Å². The van der Waals surface area contributed by atoms with Crippen LogP contribution in [0.2, 0.25) is 0 Å². The number of hydrogen-bond donors (Lipinski definition) is 3. The van der Waals surface area contributed by atoms with Crippen LogP contribution in [0, 0.1) is 0 Å². The summed E-state index contributed by atoms with van der Waals surface area (Å²) in [5.74, 6) is -0.347. The van der Waals surface area contributed by atoms with E-state index in [9.17, 15) is 9.59 Å². The average Bonchev–Trinajstić information content (AvgIpc) is 2.26. The lowest BCUT2D eigenvalue weighted by Gasteiger charge is -2.04. The third-order valence-corrected chi connectivity index (χ3v) is 1.70. The van der Waals surface area contributed by atoms with Crippen LogP contribution in [0.1, 0.15) is 10.4 Å². The summed E-state index contributed by atoms with van der Waals surface area (Å²) >= 11 is 0. The monoisotopic (exact) mass is 208 g/mol. The van der Waals surface area contributed by atoms with Crippen molar-refractivity contribution in [1.29, 1.82) is 0 Å². The predicted molar refractivity (Wildman–Crippen MR) is 55.3 cm³/mol. The lowest BCUT2D eigenvalue weighted by atomic mass is 10.2. The highest BCUT2D eigenvalue weighted by Gasteiger charge is 2.06. The molecule has 0 saturated heterocycles. The number of nitrogens with one attached hydrogen (secondary N) is 2. The number of nitrogens with zero attached hydrogens (tertiary/aromatic N) is 1. The minimum atomic E-state index is -0.578. The van der Waals surface area contributed by atoms with Gasteiger partial charge in [-0.1, -0.05) is 0 Å². The minimum absolute atomic E-state index is 0.171. The Balaban J connectivity index is 2.69. The third kappa shape index (κ3) is 3.26. The minimum Gasteiger partial charge on any atom is -0.373 e. The number of pyridine rings is 1. The molecule has 0 aromatic carbocycles. The summed E-state index contributed by atoms with van der Waals surface area (Å²) in [4.78, 5) is 25.8. The molecule has 80 valence electrons. The van der Waals surface area contributed by atoms with Gasteiger partial charge in [-0.3, -0.25) is 9.59 Å². The molecule has 0 aliphatic heterocycles. The number of aromatic nitrogens is 1. The summed E-state index contributed by atoms with van der Waals surface area (Å²) in [5.41, 5.74) is 5.32. The van der Waals surface area contributed by atoms with Crippen LogP contribution >= 0.6 is 0 Å². The SMILES string of the molecule is CNc1cc(C(=O)NCC(N)=O)ccn1. The van der Waals surface area contributed by atoms with Crippen LogP contribution in [-0.4, -0.2) is 30.4 Å². The van der Waals surface area contributed by atoms with E-state index in [1.807, 2.05) is 0 Å². The number of carbonyl (C=O) groups excluding carboxylic acids is 2. The molecule has 15 heavy (non-hydrogen) atoms. The lowest BCUT2D eigenvalue weighted by Crippen LogP contribution is -2.33. The van der Waals surface area contributed by atoms with Gasteiger partial charge in [0.2, 0.25) is 5.91 Å². The zero-order valence-corrected chi connectivity index (χ0v) is 8.28. The predicted octanol–water partition coefficient (Wildman–Crippen LogP) is -0.662. The second-order valence-electron chi connectivity index (χ2n) is 2.83. The fourth-order valence-corrected chi connectivity index (χ4v) is 0.978. The van der Waals surface area contributed by atoms with Gasteiger partial charge in [-0.2, -0.15) is 0 Å². The summed E-state index contributed by atoms with van der Waals surface area (Å²) in [6, 6.07) is 3.13. The van der Waals surface area contributed by atoms with E-state index in [2.05, 4.69) is 15.6 Å². The van der Waals surface area contributed by atoms with Crippen LogP contribution in [0.3, 0.4) is 0 Å². The Morgan fingerprint density at radius 1 is 1.53 bits per heavy atom. The van der Waals surface area contributed by atoms with Crippen molar-refractivity contribution >= 4 is 17.6 Å². The maximum absolute atomic E-state index is 11.4. The quantitative estimate of drug-likeness (QED) is 0.611. The Bertz CT molecular complexity index is 378. The Labute approximate surface area is 86.9 Å². The molecule has 2 amide bonds. The number of anilines is 1. The van der Waals surface area contributed by atoms with E-state index in [1.54, 1.807) is 19.2 Å². The molecule has 0 radical (unpaired) electrons. The zero-order valence-electron chi connectivity index (χ0n) is 8.28. The van der Waals surface area contributed by atoms with Gasteiger partial charge in [-0.05, 0) is 12.1 Å². The fourth-order valence-electron chi connectivity index (χ4n) is 0.978. The fraction of sp³-hybridized carbons (Fsp3) is 0.222. The van der Waals surface area contributed by atoms with Crippen LogP contribution < -0.4 is 16.4 Å². The van der Waals surface area contributed by atoms with Gasteiger partial charge < -0.3 is 16.4 Å². The molecule has 0 spiro atoms. The molecule has 1 aromatic heterocycles. The van der Waals surface area contributed by atoms with E-state index in [4.69, 9.17) is 5.73 Å². The molecule has 0 fully saturated rings. The highest BCUT2D eigenvalue weighted by Crippen LogP contribution is 2.05. The van der Waals surface area contributed by atoms with E-state index >= 15 is 0 Å². The van der Waals surface area contributed by atoms with Gasteiger partial charge in [0, 0.05) is 18.8 Å². The first-order valence-electron chi connectivity index (χ1n) is 4.34. The number of hydrogen-bond acceptors (Lipinski definition) is 4. The highest BCUT2D eigenvalue weighted by atomic mass is 16.2. The Kier molecular flexibility index (Phi) is 3.61. The molecule has 4 N–H and O–H groups in total. The van der Waals surface area contributed by atoms with Gasteiger partial charge >= 0.3 is 0 Å². The van der Waals surface area contributed by atoms with Gasteiger partial charge in [-0.15, -0.1) is 0 Å². The van der Waals surface area contributed by atoms with Gasteiger partial charge in [0.05, 0.1) is 6.54 Å². The van der Waals surface area contributed by atoms with Gasteiger partial charge in [0.1, 0.15) is 5.82 Å². The van der Waals surface area contributed by atoms with E-state index in [-0.39, 0.29) is 12.5 Å². The Morgan fingerprint density at radius 2 is 2.27 bits per heavy atom. The van der Waals surface area contributed by atoms with Crippen molar-refractivity contribution in [3.8, 4) is 0 Å². The molecule has 1 heterocycles. The number of carbonyl (C=O) groups is 2. The Morgan fingerprint density at radius 3 is 2.87 bits per heavy atom. The number of nitrogens with two attached hydrogens (primary N) is 1. The van der Waals surface area contributed by atoms with Crippen molar-refractivity contribution < 1.29 is 9.59 Å². The normalized spacial score (nSPS) is 9.40. The van der Waals surface area contributed by atoms with Crippen LogP contribution in [0.4, 0.5) is 5.82 Å². The molecular formula is C9H12N4O2. The van der Waals surface area contributed by atoms with E-state index < -0.39 is 5.91 Å². The topological polar surface area (TPSA) is 97.1 Å². The van der Waals surface area contributed by atoms with Gasteiger partial charge in [0.25, 0.3) is 5.91 Å². The molecule has 6 nitrogen and oxygen atoms in total. The molecule has 6 heteroatoms. The van der Waals surface area contributed by atoms with Crippen molar-refractivity contribution in [1.82, 2.24) is 10.3 Å². The first-order chi connectivity index (χ1) is 7.13. The molecule has 1 rings (SSSR count). The largest absolute Gasteiger partial charge is 0.373 e. The molecule has 1 aromatic rings. The van der Waals surface area contributed by atoms with Crippen LogP contribution in [0.15, 0.2) is 18.3 Å². The van der Waals surface area contributed by atoms with E-state index in [1.165, 1.54) is 6.20 Å².